The molecular weight excluding hydrogens is 417 g/mol. The van der Waals surface area contributed by atoms with Crippen molar-refractivity contribution in [3.63, 3.8) is 0 Å². The van der Waals surface area contributed by atoms with E-state index >= 15 is 0 Å². The number of rotatable bonds is 5. The maximum Gasteiger partial charge on any atom is 0.191 e. The molecule has 24 heavy (non-hydrogen) atoms. The lowest BCUT2D eigenvalue weighted by atomic mass is 9.96. The highest BCUT2D eigenvalue weighted by Gasteiger charge is 2.41. The number of ether oxygens (including phenoxy) is 1. The van der Waals surface area contributed by atoms with Crippen LogP contribution in [0, 0.1) is 0 Å². The van der Waals surface area contributed by atoms with Crippen LogP contribution >= 0.6 is 24.0 Å². The van der Waals surface area contributed by atoms with Crippen LogP contribution in [-0.4, -0.2) is 49.8 Å². The largest absolute Gasteiger partial charge is 0.373 e. The quantitative estimate of drug-likeness (QED) is 0.413. The Labute approximate surface area is 161 Å². The molecule has 3 rings (SSSR count). The number of fused-ring (bicyclic) bond motifs is 2. The van der Waals surface area contributed by atoms with Crippen LogP contribution in [0.3, 0.4) is 0 Å². The first-order valence-electron chi connectivity index (χ1n) is 8.49. The first-order chi connectivity index (χ1) is 11.2. The molecule has 0 spiro atoms. The Hall–Kier alpha value is -1.09. The second-order valence-corrected chi connectivity index (χ2v) is 6.44. The molecule has 3 unspecified atom stereocenters. The van der Waals surface area contributed by atoms with Crippen LogP contribution in [0.2, 0.25) is 0 Å². The molecule has 1 aromatic heterocycles. The van der Waals surface area contributed by atoms with Gasteiger partial charge in [-0.15, -0.1) is 24.0 Å². The number of nitrogens with one attached hydrogen (secondary N) is 2. The van der Waals surface area contributed by atoms with Gasteiger partial charge in [0.25, 0.3) is 0 Å². The Morgan fingerprint density at radius 3 is 2.83 bits per heavy atom. The fourth-order valence-electron chi connectivity index (χ4n) is 3.25. The Morgan fingerprint density at radius 2 is 2.21 bits per heavy atom. The van der Waals surface area contributed by atoms with Crippen LogP contribution in [0.5, 0.6) is 0 Å². The number of anilines is 1. The highest BCUT2D eigenvalue weighted by Crippen LogP contribution is 2.34. The summed E-state index contributed by atoms with van der Waals surface area (Å²) in [4.78, 5) is 11.3. The maximum atomic E-state index is 5.91. The minimum Gasteiger partial charge on any atom is -0.373 e. The number of guanidine groups is 1. The van der Waals surface area contributed by atoms with E-state index in [-0.39, 0.29) is 24.0 Å². The molecule has 2 aliphatic rings. The number of nitrogens with zero attached hydrogens (tertiary/aromatic N) is 3. The van der Waals surface area contributed by atoms with Crippen molar-refractivity contribution >= 4 is 35.8 Å². The van der Waals surface area contributed by atoms with E-state index in [4.69, 9.17) is 4.74 Å². The lowest BCUT2D eigenvalue weighted by molar-refractivity contribution is 0.0992. The molecule has 2 saturated heterocycles. The first kappa shape index (κ1) is 19.2. The molecule has 134 valence electrons. The molecule has 6 nitrogen and oxygen atoms in total. The molecule has 2 aliphatic heterocycles. The van der Waals surface area contributed by atoms with Gasteiger partial charge >= 0.3 is 0 Å². The fraction of sp³-hybridized carbons (Fsp3) is 0.647. The summed E-state index contributed by atoms with van der Waals surface area (Å²) in [6.45, 7) is 3.50. The molecule has 7 heteroatoms. The Balaban J connectivity index is 0.00000208. The van der Waals surface area contributed by atoms with Gasteiger partial charge in [0.05, 0.1) is 30.5 Å². The molecule has 2 fully saturated rings. The third kappa shape index (κ3) is 4.72. The highest BCUT2D eigenvalue weighted by molar-refractivity contribution is 14.0. The second-order valence-electron chi connectivity index (χ2n) is 6.44. The van der Waals surface area contributed by atoms with Gasteiger partial charge in [0, 0.05) is 20.6 Å². The lowest BCUT2D eigenvalue weighted by Gasteiger charge is -2.22. The number of aromatic nitrogens is 1. The van der Waals surface area contributed by atoms with E-state index in [1.54, 1.807) is 0 Å². The summed E-state index contributed by atoms with van der Waals surface area (Å²) in [5.74, 6) is 1.81. The fourth-order valence-corrected chi connectivity index (χ4v) is 3.25. The highest BCUT2D eigenvalue weighted by atomic mass is 127. The molecule has 2 N–H and O–H groups in total. The summed E-state index contributed by atoms with van der Waals surface area (Å²) >= 11 is 0. The third-order valence-electron chi connectivity index (χ3n) is 4.42. The average molecular weight is 445 g/mol. The molecule has 3 atom stereocenters. The van der Waals surface area contributed by atoms with Gasteiger partial charge in [0.1, 0.15) is 5.82 Å². The zero-order valence-corrected chi connectivity index (χ0v) is 17.0. The van der Waals surface area contributed by atoms with Crippen molar-refractivity contribution in [1.29, 1.82) is 0 Å². The van der Waals surface area contributed by atoms with Crippen molar-refractivity contribution in [2.45, 2.75) is 51.0 Å². The van der Waals surface area contributed by atoms with Crippen LogP contribution in [0.25, 0.3) is 0 Å². The molecule has 0 aliphatic carbocycles. The van der Waals surface area contributed by atoms with Gasteiger partial charge in [-0.3, -0.25) is 0 Å². The normalized spacial score (nSPS) is 25.3. The van der Waals surface area contributed by atoms with Crippen LogP contribution in [-0.2, 0) is 11.3 Å². The second kappa shape index (κ2) is 8.84. The predicted octanol–water partition coefficient (Wildman–Crippen LogP) is 2.14. The van der Waals surface area contributed by atoms with E-state index in [1.165, 1.54) is 6.42 Å². The molecule has 2 bridgehead atoms. The first-order valence-corrected chi connectivity index (χ1v) is 8.49. The third-order valence-corrected chi connectivity index (χ3v) is 4.42. The Kier molecular flexibility index (Phi) is 7.09. The number of hydrogen-bond donors (Lipinski definition) is 2. The SMILES string of the molecule is CCNC(=NCc1cccc(N(C)C)n1)NC1CC2CCC1O2.I. The summed E-state index contributed by atoms with van der Waals surface area (Å²) in [7, 11) is 3.99. The lowest BCUT2D eigenvalue weighted by Crippen LogP contribution is -2.47. The summed E-state index contributed by atoms with van der Waals surface area (Å²) in [6, 6.07) is 6.42. The molecule has 0 aromatic carbocycles. The van der Waals surface area contributed by atoms with Gasteiger partial charge < -0.3 is 20.3 Å². The molecule has 0 amide bonds. The van der Waals surface area contributed by atoms with Crippen molar-refractivity contribution in [1.82, 2.24) is 15.6 Å². The van der Waals surface area contributed by atoms with Crippen LogP contribution in [0.4, 0.5) is 5.82 Å². The molecule has 0 saturated carbocycles. The Bertz CT molecular complexity index is 566. The zero-order valence-electron chi connectivity index (χ0n) is 14.7. The van der Waals surface area contributed by atoms with Gasteiger partial charge in [-0.25, -0.2) is 9.98 Å². The Morgan fingerprint density at radius 1 is 1.38 bits per heavy atom. The summed E-state index contributed by atoms with van der Waals surface area (Å²) in [6.07, 6.45) is 4.24. The number of aliphatic imine (C=N–C) groups is 1. The molecule has 1 aromatic rings. The van der Waals surface area contributed by atoms with Gasteiger partial charge in [0.15, 0.2) is 5.96 Å². The number of halogens is 1. The molecule has 3 heterocycles. The van der Waals surface area contributed by atoms with Crippen LogP contribution in [0.1, 0.15) is 31.9 Å². The predicted molar refractivity (Wildman–Crippen MR) is 108 cm³/mol. The average Bonchev–Trinajstić information content (AvgIpc) is 3.16. The van der Waals surface area contributed by atoms with Crippen molar-refractivity contribution < 1.29 is 4.74 Å². The van der Waals surface area contributed by atoms with E-state index in [2.05, 4.69) is 27.5 Å². The number of hydrogen-bond acceptors (Lipinski definition) is 4. The monoisotopic (exact) mass is 445 g/mol. The maximum absolute atomic E-state index is 5.91. The summed E-state index contributed by atoms with van der Waals surface area (Å²) in [5, 5.41) is 6.85. The molecule has 0 radical (unpaired) electrons. The van der Waals surface area contributed by atoms with Crippen LogP contribution in [0.15, 0.2) is 23.2 Å². The minimum absolute atomic E-state index is 0. The minimum atomic E-state index is 0. The van der Waals surface area contributed by atoms with E-state index in [9.17, 15) is 0 Å². The van der Waals surface area contributed by atoms with Gasteiger partial charge in [0.2, 0.25) is 0 Å². The van der Waals surface area contributed by atoms with Gasteiger partial charge in [-0.2, -0.15) is 0 Å². The van der Waals surface area contributed by atoms with Crippen LogP contribution < -0.4 is 15.5 Å². The van der Waals surface area contributed by atoms with Crippen molar-refractivity contribution in [3.8, 4) is 0 Å². The van der Waals surface area contributed by atoms with Gasteiger partial charge in [-0.05, 0) is 38.3 Å². The van der Waals surface area contributed by atoms with Crippen molar-refractivity contribution in [3.05, 3.63) is 23.9 Å². The summed E-state index contributed by atoms with van der Waals surface area (Å²) in [5.41, 5.74) is 0.970. The van der Waals surface area contributed by atoms with E-state index < -0.39 is 0 Å². The van der Waals surface area contributed by atoms with E-state index in [1.807, 2.05) is 37.2 Å². The topological polar surface area (TPSA) is 61.8 Å². The molecular formula is C17H28IN5O. The zero-order chi connectivity index (χ0) is 16.2. The smallest absolute Gasteiger partial charge is 0.191 e. The van der Waals surface area contributed by atoms with Gasteiger partial charge in [-0.1, -0.05) is 6.07 Å². The number of pyridine rings is 1. The standard InChI is InChI=1S/C17H27N5O.HI/c1-4-18-17(21-14-10-13-8-9-15(14)23-13)19-11-12-6-5-7-16(20-12)22(2)3;/h5-7,13-15H,4,8-11H2,1-3H3,(H2,18,19,21);1H. The van der Waals surface area contributed by atoms with E-state index in [0.29, 0.717) is 24.8 Å². The van der Waals surface area contributed by atoms with Crippen molar-refractivity contribution in [2.75, 3.05) is 25.5 Å². The van der Waals surface area contributed by atoms with Crippen molar-refractivity contribution in [2.24, 2.45) is 4.99 Å². The summed E-state index contributed by atoms with van der Waals surface area (Å²) < 4.78 is 5.91. The van der Waals surface area contributed by atoms with E-state index in [0.717, 1.165) is 36.9 Å².